The van der Waals surface area contributed by atoms with Gasteiger partial charge in [0.25, 0.3) is 0 Å². The predicted octanol–water partition coefficient (Wildman–Crippen LogP) is 0.0282. The van der Waals surface area contributed by atoms with Crippen molar-refractivity contribution in [3.8, 4) is 0 Å². The maximum Gasteiger partial charge on any atom is 0.394 e. The van der Waals surface area contributed by atoms with Gasteiger partial charge < -0.3 is 5.73 Å². The summed E-state index contributed by atoms with van der Waals surface area (Å²) in [5.74, 6) is -1.80. The van der Waals surface area contributed by atoms with Crippen LogP contribution < -0.4 is 11.4 Å². The van der Waals surface area contributed by atoms with E-state index in [1.165, 1.54) is 18.6 Å². The van der Waals surface area contributed by atoms with Crippen molar-refractivity contribution < 1.29 is 13.2 Å². The van der Waals surface area contributed by atoms with Gasteiger partial charge in [0.05, 0.1) is 18.7 Å². The van der Waals surface area contributed by atoms with Crippen molar-refractivity contribution in [2.24, 2.45) is 11.7 Å². The summed E-state index contributed by atoms with van der Waals surface area (Å²) in [6.07, 6.45) is -0.470. The number of nitrogens with two attached hydrogens (primary N) is 1. The van der Waals surface area contributed by atoms with Crippen molar-refractivity contribution in [1.82, 2.24) is 19.2 Å². The Morgan fingerprint density at radius 3 is 2.72 bits per heavy atom. The smallest absolute Gasteiger partial charge is 0.330 e. The van der Waals surface area contributed by atoms with Crippen LogP contribution in [0, 0.1) is 5.92 Å². The van der Waals surface area contributed by atoms with E-state index in [2.05, 4.69) is 10.1 Å². The van der Waals surface area contributed by atoms with Gasteiger partial charge in [0.15, 0.2) is 5.65 Å². The summed E-state index contributed by atoms with van der Waals surface area (Å²) in [6, 6.07) is 0. The van der Waals surface area contributed by atoms with Crippen LogP contribution in [-0.4, -0.2) is 31.9 Å². The zero-order chi connectivity index (χ0) is 13.3. The maximum atomic E-state index is 12.6. The number of aromatic nitrogens is 4. The minimum Gasteiger partial charge on any atom is -0.330 e. The van der Waals surface area contributed by atoms with Gasteiger partial charge in [-0.05, 0) is 0 Å². The normalized spacial score (nSPS) is 14.0. The van der Waals surface area contributed by atoms with Gasteiger partial charge in [-0.15, -0.1) is 5.10 Å². The van der Waals surface area contributed by atoms with Gasteiger partial charge in [0.1, 0.15) is 0 Å². The Hall–Kier alpha value is -1.90. The summed E-state index contributed by atoms with van der Waals surface area (Å²) in [6.45, 7) is -1.19. The zero-order valence-electron chi connectivity index (χ0n) is 9.13. The summed E-state index contributed by atoms with van der Waals surface area (Å²) >= 11 is 0. The molecule has 0 aromatic carbocycles. The lowest BCUT2D eigenvalue weighted by molar-refractivity contribution is -0.175. The topological polar surface area (TPSA) is 78.2 Å². The quantitative estimate of drug-likeness (QED) is 0.845. The monoisotopic (exact) mass is 261 g/mol. The summed E-state index contributed by atoms with van der Waals surface area (Å²) in [5, 5.41) is 3.76. The molecule has 0 bridgehead atoms. The van der Waals surface area contributed by atoms with Gasteiger partial charge in [0.2, 0.25) is 0 Å². The third kappa shape index (κ3) is 2.21. The van der Waals surface area contributed by atoms with Crippen molar-refractivity contribution in [3.63, 3.8) is 0 Å². The first-order valence-electron chi connectivity index (χ1n) is 5.09. The van der Waals surface area contributed by atoms with Crippen LogP contribution in [0.4, 0.5) is 13.2 Å². The van der Waals surface area contributed by atoms with Gasteiger partial charge in [0, 0.05) is 18.9 Å². The first-order valence-corrected chi connectivity index (χ1v) is 5.09. The Bertz CT molecular complexity index is 602. The molecule has 0 aliphatic carbocycles. The van der Waals surface area contributed by atoms with Gasteiger partial charge in [-0.3, -0.25) is 4.98 Å². The van der Waals surface area contributed by atoms with Crippen LogP contribution in [0.3, 0.4) is 0 Å². The Balaban J connectivity index is 2.38. The van der Waals surface area contributed by atoms with Crippen LogP contribution in [0.1, 0.15) is 0 Å². The molecule has 0 aliphatic heterocycles. The van der Waals surface area contributed by atoms with Crippen LogP contribution >= 0.6 is 0 Å². The summed E-state index contributed by atoms with van der Waals surface area (Å²) < 4.78 is 39.5. The first-order chi connectivity index (χ1) is 8.43. The Morgan fingerprint density at radius 1 is 1.44 bits per heavy atom. The van der Waals surface area contributed by atoms with E-state index in [4.69, 9.17) is 5.73 Å². The van der Waals surface area contributed by atoms with Crippen LogP contribution in [0.25, 0.3) is 5.65 Å². The molecule has 2 heterocycles. The third-order valence-electron chi connectivity index (χ3n) is 2.53. The van der Waals surface area contributed by atoms with E-state index in [9.17, 15) is 18.0 Å². The molecule has 2 rings (SSSR count). The highest BCUT2D eigenvalue weighted by molar-refractivity contribution is 5.31. The average molecular weight is 261 g/mol. The molecule has 0 spiro atoms. The third-order valence-corrected chi connectivity index (χ3v) is 2.53. The second kappa shape index (κ2) is 4.41. The first kappa shape index (κ1) is 12.6. The van der Waals surface area contributed by atoms with Gasteiger partial charge in [-0.25, -0.2) is 13.9 Å². The molecule has 2 aromatic rings. The number of halogens is 3. The summed E-state index contributed by atoms with van der Waals surface area (Å²) in [7, 11) is 0. The lowest BCUT2D eigenvalue weighted by Gasteiger charge is -2.17. The van der Waals surface area contributed by atoms with Crippen molar-refractivity contribution >= 4 is 5.65 Å². The van der Waals surface area contributed by atoms with E-state index in [-0.39, 0.29) is 5.65 Å². The minimum absolute atomic E-state index is 0.195. The molecule has 0 amide bonds. The molecule has 0 aliphatic rings. The maximum absolute atomic E-state index is 12.6. The van der Waals surface area contributed by atoms with Crippen LogP contribution in [0.15, 0.2) is 23.4 Å². The molecule has 18 heavy (non-hydrogen) atoms. The number of rotatable bonds is 3. The molecule has 0 saturated carbocycles. The van der Waals surface area contributed by atoms with Crippen molar-refractivity contribution in [2.75, 3.05) is 6.54 Å². The predicted molar refractivity (Wildman–Crippen MR) is 55.8 cm³/mol. The Morgan fingerprint density at radius 2 is 2.17 bits per heavy atom. The Labute approximate surface area is 98.8 Å². The number of alkyl halides is 3. The molecular formula is C9H10F3N5O. The molecule has 2 N–H and O–H groups in total. The largest absolute Gasteiger partial charge is 0.394 e. The van der Waals surface area contributed by atoms with E-state index in [0.717, 1.165) is 9.08 Å². The van der Waals surface area contributed by atoms with Crippen LogP contribution in [-0.2, 0) is 6.54 Å². The van der Waals surface area contributed by atoms with Crippen molar-refractivity contribution in [2.45, 2.75) is 12.7 Å². The van der Waals surface area contributed by atoms with E-state index in [1.807, 2.05) is 0 Å². The molecule has 1 atom stereocenters. The highest BCUT2D eigenvalue weighted by Crippen LogP contribution is 2.26. The molecule has 0 fully saturated rings. The lowest BCUT2D eigenvalue weighted by Crippen LogP contribution is -2.37. The van der Waals surface area contributed by atoms with Crippen molar-refractivity contribution in [1.29, 1.82) is 0 Å². The molecule has 2 aromatic heterocycles. The fraction of sp³-hybridized carbons (Fsp3) is 0.444. The average Bonchev–Trinajstić information content (AvgIpc) is 2.62. The minimum atomic E-state index is -4.46. The number of nitrogens with zero attached hydrogens (tertiary/aromatic N) is 4. The molecule has 6 nitrogen and oxygen atoms in total. The van der Waals surface area contributed by atoms with Gasteiger partial charge in [-0.1, -0.05) is 0 Å². The number of hydrogen-bond acceptors (Lipinski definition) is 4. The fourth-order valence-electron chi connectivity index (χ4n) is 1.52. The molecule has 0 radical (unpaired) electrons. The lowest BCUT2D eigenvalue weighted by atomic mass is 10.1. The van der Waals surface area contributed by atoms with E-state index < -0.39 is 30.9 Å². The van der Waals surface area contributed by atoms with Crippen LogP contribution in [0.5, 0.6) is 0 Å². The number of fused-ring (bicyclic) bond motifs is 1. The van der Waals surface area contributed by atoms with Gasteiger partial charge >= 0.3 is 11.9 Å². The SMILES string of the molecule is NCC(Cn1nc2cnccn2c1=O)C(F)(F)F. The second-order valence-electron chi connectivity index (χ2n) is 3.74. The van der Waals surface area contributed by atoms with E-state index >= 15 is 0 Å². The Kier molecular flexibility index (Phi) is 3.07. The van der Waals surface area contributed by atoms with Crippen molar-refractivity contribution in [3.05, 3.63) is 29.1 Å². The zero-order valence-corrected chi connectivity index (χ0v) is 9.13. The fourth-order valence-corrected chi connectivity index (χ4v) is 1.52. The van der Waals surface area contributed by atoms with E-state index in [0.29, 0.717) is 0 Å². The van der Waals surface area contributed by atoms with Crippen LogP contribution in [0.2, 0.25) is 0 Å². The molecule has 9 heteroatoms. The second-order valence-corrected chi connectivity index (χ2v) is 3.74. The molecular weight excluding hydrogens is 251 g/mol. The summed E-state index contributed by atoms with van der Waals surface area (Å²) in [5.41, 5.74) is 4.62. The summed E-state index contributed by atoms with van der Waals surface area (Å²) in [4.78, 5) is 15.5. The highest BCUT2D eigenvalue weighted by atomic mass is 19.4. The molecule has 0 saturated heterocycles. The molecule has 1 unspecified atom stereocenters. The standard InChI is InChI=1S/C9H10F3N5O/c10-9(11,12)6(3-13)5-17-8(18)16-2-1-14-4-7(16)15-17/h1-2,4,6H,3,5,13H2. The number of hydrogen-bond donors (Lipinski definition) is 1. The van der Waals surface area contributed by atoms with Gasteiger partial charge in [-0.2, -0.15) is 13.2 Å². The highest BCUT2D eigenvalue weighted by Gasteiger charge is 2.39. The molecule has 98 valence electrons. The van der Waals surface area contributed by atoms with E-state index in [1.54, 1.807) is 0 Å².